The van der Waals surface area contributed by atoms with Crippen molar-refractivity contribution in [2.45, 2.75) is 9.79 Å². The molecule has 0 N–H and O–H groups in total. The van der Waals surface area contributed by atoms with Crippen LogP contribution in [0.1, 0.15) is 15.9 Å². The van der Waals surface area contributed by atoms with Gasteiger partial charge in [0.05, 0.1) is 34.2 Å². The zero-order valence-corrected chi connectivity index (χ0v) is 50.2. The van der Waals surface area contributed by atoms with E-state index in [4.69, 9.17) is 0 Å². The first-order chi connectivity index (χ1) is 44.0. The number of benzene rings is 14. The lowest BCUT2D eigenvalue weighted by atomic mass is 9.84. The summed E-state index contributed by atoms with van der Waals surface area (Å²) in [6.45, 7) is 0. The summed E-state index contributed by atoms with van der Waals surface area (Å²) in [5.74, 6) is -0.286. The number of carbonyl (C=O) groups is 2. The average molecular weight is 1190 g/mol. The van der Waals surface area contributed by atoms with E-state index in [0.717, 1.165) is 138 Å². The van der Waals surface area contributed by atoms with Gasteiger partial charge in [0.2, 0.25) is 11.8 Å². The zero-order chi connectivity index (χ0) is 58.3. The molecule has 6 heterocycles. The van der Waals surface area contributed by atoms with E-state index in [0.29, 0.717) is 0 Å². The Hall–Kier alpha value is -10.2. The summed E-state index contributed by atoms with van der Waals surface area (Å²) >= 11 is 3.92. The molecule has 14 aromatic carbocycles. The van der Waals surface area contributed by atoms with Crippen LogP contribution >= 0.6 is 34.5 Å². The predicted octanol–water partition coefficient (Wildman–Crippen LogP) is 21.3. The highest BCUT2D eigenvalue weighted by Crippen LogP contribution is 2.58. The average Bonchev–Trinajstić information content (AvgIpc) is 2.94. The number of hydrogen-bond donors (Lipinski definition) is 2. The lowest BCUT2D eigenvalue weighted by Gasteiger charge is -2.39. The number of fused-ring (bicyclic) bond motifs is 21. The van der Waals surface area contributed by atoms with Crippen LogP contribution in [0.25, 0.3) is 153 Å². The Morgan fingerprint density at radius 2 is 0.775 bits per heavy atom. The topological polar surface area (TPSA) is 42.3 Å². The molecule has 0 saturated carbocycles. The van der Waals surface area contributed by atoms with Gasteiger partial charge in [0.1, 0.15) is 0 Å². The van der Waals surface area contributed by atoms with Crippen molar-refractivity contribution in [3.05, 3.63) is 265 Å². The summed E-state index contributed by atoms with van der Waals surface area (Å²) in [7, 11) is 0. The van der Waals surface area contributed by atoms with Gasteiger partial charge in [0.15, 0.2) is 0 Å². The molecule has 0 radical (unpaired) electrons. The fraction of sp³-hybridized carbons (Fsp3) is 0.0244. The molecule has 0 fully saturated rings. The molecule has 89 heavy (non-hydrogen) atoms. The molecular weight excluding hydrogens is 1140 g/mol. The lowest BCUT2D eigenvalue weighted by Crippen LogP contribution is -2.39. The standard InChI is InChI=1S/C82H48N2O2S3/c85-81-72-43-87-41-70(72)65-24-10-23-64-68-37-51(27-31-74(68)83(81)79(64)65)47-13-7-11-45(33-47)50-26-30-61-58-18-5-6-20-62(58)78-54(21-9-22-63(78)67(61)36-50)53-38-69-71-42-88-44-73(71)82(86)84-75-32-28-52(39-76(75)89-77(40-53)80(69)84)48-14-8-12-46(34-48)49-25-29-60-57-17-2-1-15-55(57)56-16-3-4-19-59(56)66(60)35-49/h1-44,72-73,87-88H. The molecule has 5 aliphatic heterocycles. The van der Waals surface area contributed by atoms with Gasteiger partial charge in [-0.2, -0.15) is 22.7 Å². The minimum Gasteiger partial charge on any atom is -0.278 e. The van der Waals surface area contributed by atoms with E-state index in [1.807, 2.05) is 9.47 Å². The first-order valence-corrected chi connectivity index (χ1v) is 33.2. The summed E-state index contributed by atoms with van der Waals surface area (Å²) in [4.78, 5) is 33.2. The van der Waals surface area contributed by atoms with Gasteiger partial charge in [0, 0.05) is 31.7 Å². The second-order valence-electron chi connectivity index (χ2n) is 24.2. The van der Waals surface area contributed by atoms with Crippen LogP contribution in [-0.2, 0) is 4.79 Å². The molecule has 1 aromatic heterocycles. The van der Waals surface area contributed by atoms with Crippen molar-refractivity contribution in [3.8, 4) is 55.6 Å². The van der Waals surface area contributed by atoms with Crippen LogP contribution in [0.3, 0.4) is 0 Å². The second-order valence-corrected chi connectivity index (χ2v) is 27.0. The Morgan fingerprint density at radius 1 is 0.326 bits per heavy atom. The third-order valence-corrected chi connectivity index (χ3v) is 22.5. The highest BCUT2D eigenvalue weighted by molar-refractivity contribution is 8.01. The van der Waals surface area contributed by atoms with E-state index in [1.54, 1.807) is 11.8 Å². The van der Waals surface area contributed by atoms with Gasteiger partial charge in [0.25, 0.3) is 0 Å². The Labute approximate surface area is 523 Å². The summed E-state index contributed by atoms with van der Waals surface area (Å²) < 4.78 is 1.97. The first kappa shape index (κ1) is 49.9. The molecule has 1 amide bonds. The number of allylic oxidation sites excluding steroid dienone is 1. The first-order valence-electron chi connectivity index (χ1n) is 30.3. The minimum absolute atomic E-state index is 0.106. The van der Waals surface area contributed by atoms with Gasteiger partial charge in [-0.25, -0.2) is 0 Å². The fourth-order valence-corrected chi connectivity index (χ4v) is 18.8. The van der Waals surface area contributed by atoms with E-state index < -0.39 is 0 Å². The van der Waals surface area contributed by atoms with Gasteiger partial charge in [-0.3, -0.25) is 19.1 Å². The third kappa shape index (κ3) is 7.12. The molecule has 416 valence electrons. The number of aromatic nitrogens is 1. The van der Waals surface area contributed by atoms with Crippen molar-refractivity contribution in [1.29, 1.82) is 0 Å². The van der Waals surface area contributed by atoms with E-state index in [1.165, 1.54) is 70.2 Å². The van der Waals surface area contributed by atoms with Crippen LogP contribution in [0.4, 0.5) is 11.4 Å². The van der Waals surface area contributed by atoms with Crippen molar-refractivity contribution in [2.24, 2.45) is 11.8 Å². The number of nitrogens with zero attached hydrogens (tertiary/aromatic N) is 2. The van der Waals surface area contributed by atoms with Crippen LogP contribution in [-0.4, -0.2) is 27.1 Å². The highest BCUT2D eigenvalue weighted by Gasteiger charge is 2.42. The molecule has 0 bridgehead atoms. The summed E-state index contributed by atoms with van der Waals surface area (Å²) in [6, 6.07) is 89.4. The van der Waals surface area contributed by atoms with Crippen molar-refractivity contribution in [2.75, 3.05) is 4.90 Å². The largest absolute Gasteiger partial charge is 0.278 e. The third-order valence-electron chi connectivity index (χ3n) is 19.6. The maximum atomic E-state index is 15.0. The van der Waals surface area contributed by atoms with Gasteiger partial charge in [-0.1, -0.05) is 194 Å². The Balaban J connectivity index is 0.692. The van der Waals surface area contributed by atoms with Crippen LogP contribution in [0.2, 0.25) is 0 Å². The number of hydrogen-bond acceptors (Lipinski definition) is 3. The van der Waals surface area contributed by atoms with Crippen molar-refractivity contribution in [3.63, 3.8) is 0 Å². The van der Waals surface area contributed by atoms with E-state index >= 15 is 0 Å². The molecule has 2 atom stereocenters. The van der Waals surface area contributed by atoms with Crippen molar-refractivity contribution >= 4 is 166 Å². The van der Waals surface area contributed by atoms with Gasteiger partial charge in [-0.05, 0) is 214 Å². The van der Waals surface area contributed by atoms with E-state index in [9.17, 15) is 9.59 Å². The van der Waals surface area contributed by atoms with E-state index in [-0.39, 0.29) is 23.7 Å². The van der Waals surface area contributed by atoms with Crippen molar-refractivity contribution in [1.82, 2.24) is 4.57 Å². The fourth-order valence-electron chi connectivity index (χ4n) is 15.6. The van der Waals surface area contributed by atoms with Crippen LogP contribution in [0.5, 0.6) is 0 Å². The summed E-state index contributed by atoms with van der Waals surface area (Å²) in [6.07, 6.45) is 0. The zero-order valence-electron chi connectivity index (χ0n) is 47.6. The smallest absolute Gasteiger partial charge is 0.243 e. The molecule has 7 heteroatoms. The molecule has 0 saturated heterocycles. The molecule has 5 aliphatic rings. The van der Waals surface area contributed by atoms with Crippen LogP contribution < -0.4 is 4.90 Å². The summed E-state index contributed by atoms with van der Waals surface area (Å²) in [5.41, 5.74) is 19.8. The minimum atomic E-state index is -0.328. The maximum Gasteiger partial charge on any atom is 0.243 e. The van der Waals surface area contributed by atoms with Gasteiger partial charge in [-0.15, -0.1) is 0 Å². The van der Waals surface area contributed by atoms with E-state index in [2.05, 4.69) is 264 Å². The number of rotatable bonds is 5. The number of para-hydroxylation sites is 1. The van der Waals surface area contributed by atoms with Crippen LogP contribution in [0.15, 0.2) is 263 Å². The van der Waals surface area contributed by atoms with Gasteiger partial charge >= 0.3 is 0 Å². The number of amides is 1. The Morgan fingerprint density at radius 3 is 1.43 bits per heavy atom. The molecule has 4 nitrogen and oxygen atoms in total. The number of thiol groups is 2. The monoisotopic (exact) mass is 1190 g/mol. The normalized spacial score (nSPS) is 16.3. The van der Waals surface area contributed by atoms with Crippen LogP contribution in [0, 0.1) is 11.8 Å². The highest BCUT2D eigenvalue weighted by atomic mass is 32.2. The van der Waals surface area contributed by atoms with Crippen molar-refractivity contribution < 1.29 is 9.59 Å². The Bertz CT molecular complexity index is 5950. The Kier molecular flexibility index (Phi) is 10.5. The van der Waals surface area contributed by atoms with Gasteiger partial charge < -0.3 is 0 Å². The number of carbonyl (C=O) groups excluding carboxylic acids is 2. The molecule has 2 unspecified atom stereocenters. The predicted molar refractivity (Wildman–Crippen MR) is 383 cm³/mol. The molecule has 20 rings (SSSR count). The number of anilines is 2. The SMILES string of the molecule is O=C1C2C=[SH]C=C2c2cc(-c3cccc4c5cc(-c6cccc(-c7ccc8c(c7)c7cccc9c7n8C(=O)C7C=[SH]C=C97)c6)ccc5c5ccccc5c34)cc3c2N1c1ccc(-c2cccc(-c4ccc5c6ccccc6c6ccccc6c5c4)c2)cc1S3. The second kappa shape index (κ2) is 18.7. The molecule has 15 aromatic rings. The summed E-state index contributed by atoms with van der Waals surface area (Å²) in [5, 5.41) is 25.8. The molecule has 0 spiro atoms. The lowest BCUT2D eigenvalue weighted by molar-refractivity contribution is -0.118. The molecular formula is C82H48N2O2S3. The molecule has 0 aliphatic carbocycles. The maximum absolute atomic E-state index is 15.0. The quantitative estimate of drug-likeness (QED) is 0.103.